The summed E-state index contributed by atoms with van der Waals surface area (Å²) in [6, 6.07) is 8.56. The van der Waals surface area contributed by atoms with Gasteiger partial charge in [0.1, 0.15) is 0 Å². The molecular weight excluding hydrogens is 218 g/mol. The van der Waals surface area contributed by atoms with Gasteiger partial charge in [-0.1, -0.05) is 24.3 Å². The highest BCUT2D eigenvalue weighted by molar-refractivity contribution is 7.98. The molecule has 88 valence electrons. The third-order valence-corrected chi connectivity index (χ3v) is 3.80. The monoisotopic (exact) mass is 237 g/mol. The Bertz CT molecular complexity index is 342. The molecule has 0 bridgehead atoms. The molecule has 0 aromatic heterocycles. The molecule has 0 amide bonds. The van der Waals surface area contributed by atoms with Crippen LogP contribution in [-0.4, -0.2) is 29.8 Å². The minimum Gasteiger partial charge on any atom is -0.391 e. The van der Waals surface area contributed by atoms with E-state index in [0.717, 1.165) is 25.1 Å². The molecular formula is C13H19NOS. The molecule has 0 fully saturated rings. The lowest BCUT2D eigenvalue weighted by Crippen LogP contribution is -2.37. The molecule has 1 aliphatic rings. The zero-order valence-corrected chi connectivity index (χ0v) is 10.5. The van der Waals surface area contributed by atoms with Gasteiger partial charge in [0.05, 0.1) is 12.1 Å². The maximum Gasteiger partial charge on any atom is 0.0742 e. The Morgan fingerprint density at radius 3 is 3.12 bits per heavy atom. The van der Waals surface area contributed by atoms with E-state index in [9.17, 15) is 5.11 Å². The molecule has 0 saturated heterocycles. The minimum absolute atomic E-state index is 0.122. The molecule has 1 aromatic rings. The summed E-state index contributed by atoms with van der Waals surface area (Å²) >= 11 is 1.79. The van der Waals surface area contributed by atoms with E-state index >= 15 is 0 Å². The number of hydrogen-bond acceptors (Lipinski definition) is 3. The van der Waals surface area contributed by atoms with Crippen molar-refractivity contribution in [3.8, 4) is 0 Å². The van der Waals surface area contributed by atoms with Crippen LogP contribution in [0.5, 0.6) is 0 Å². The summed E-state index contributed by atoms with van der Waals surface area (Å²) in [5, 5.41) is 13.6. The Balaban J connectivity index is 2.12. The average Bonchev–Trinajstić information content (AvgIpc) is 2.35. The van der Waals surface area contributed by atoms with Crippen LogP contribution in [-0.2, 0) is 6.42 Å². The van der Waals surface area contributed by atoms with Gasteiger partial charge in [-0.2, -0.15) is 11.8 Å². The Labute approximate surface area is 101 Å². The summed E-state index contributed by atoms with van der Waals surface area (Å²) in [5.41, 5.74) is 2.66. The van der Waals surface area contributed by atoms with Crippen molar-refractivity contribution < 1.29 is 5.11 Å². The van der Waals surface area contributed by atoms with Gasteiger partial charge >= 0.3 is 0 Å². The molecule has 2 atom stereocenters. The summed E-state index contributed by atoms with van der Waals surface area (Å²) in [5.74, 6) is 1.02. The van der Waals surface area contributed by atoms with Crippen LogP contribution in [0, 0.1) is 0 Å². The van der Waals surface area contributed by atoms with Crippen LogP contribution in [0.15, 0.2) is 24.3 Å². The van der Waals surface area contributed by atoms with Gasteiger partial charge < -0.3 is 10.4 Å². The van der Waals surface area contributed by atoms with Crippen molar-refractivity contribution in [2.24, 2.45) is 0 Å². The molecule has 3 heteroatoms. The van der Waals surface area contributed by atoms with Crippen molar-refractivity contribution in [3.05, 3.63) is 35.4 Å². The third kappa shape index (κ3) is 2.59. The van der Waals surface area contributed by atoms with Gasteiger partial charge in [-0.3, -0.25) is 0 Å². The summed E-state index contributed by atoms with van der Waals surface area (Å²) in [6.07, 6.45) is 3.73. The van der Waals surface area contributed by atoms with Crippen LogP contribution in [0.25, 0.3) is 0 Å². The SMILES string of the molecule is CSCCC(O)C1NCCc2ccccc21. The van der Waals surface area contributed by atoms with Gasteiger partial charge in [0.15, 0.2) is 0 Å². The Hall–Kier alpha value is -0.510. The lowest BCUT2D eigenvalue weighted by atomic mass is 9.90. The highest BCUT2D eigenvalue weighted by Crippen LogP contribution is 2.26. The number of aliphatic hydroxyl groups excluding tert-OH is 1. The van der Waals surface area contributed by atoms with Gasteiger partial charge in [-0.15, -0.1) is 0 Å². The molecule has 16 heavy (non-hydrogen) atoms. The van der Waals surface area contributed by atoms with Gasteiger partial charge in [-0.05, 0) is 42.5 Å². The molecule has 1 aliphatic heterocycles. The highest BCUT2D eigenvalue weighted by atomic mass is 32.2. The zero-order valence-electron chi connectivity index (χ0n) is 9.65. The first kappa shape index (κ1) is 12.0. The number of hydrogen-bond donors (Lipinski definition) is 2. The first-order chi connectivity index (χ1) is 7.83. The number of aliphatic hydroxyl groups is 1. The fraction of sp³-hybridized carbons (Fsp3) is 0.538. The lowest BCUT2D eigenvalue weighted by molar-refractivity contribution is 0.121. The largest absolute Gasteiger partial charge is 0.391 e. The summed E-state index contributed by atoms with van der Waals surface area (Å²) in [4.78, 5) is 0. The van der Waals surface area contributed by atoms with Crippen LogP contribution in [0.1, 0.15) is 23.6 Å². The first-order valence-electron chi connectivity index (χ1n) is 5.81. The fourth-order valence-electron chi connectivity index (χ4n) is 2.29. The maximum atomic E-state index is 10.2. The van der Waals surface area contributed by atoms with Crippen molar-refractivity contribution in [2.75, 3.05) is 18.6 Å². The number of fused-ring (bicyclic) bond motifs is 1. The zero-order chi connectivity index (χ0) is 11.4. The number of nitrogens with one attached hydrogen (secondary N) is 1. The molecule has 2 rings (SSSR count). The minimum atomic E-state index is -0.270. The third-order valence-electron chi connectivity index (χ3n) is 3.15. The molecule has 0 spiro atoms. The summed E-state index contributed by atoms with van der Waals surface area (Å²) in [6.45, 7) is 0.970. The lowest BCUT2D eigenvalue weighted by Gasteiger charge is -2.30. The van der Waals surface area contributed by atoms with Crippen LogP contribution < -0.4 is 5.32 Å². The normalized spacial score (nSPS) is 21.5. The van der Waals surface area contributed by atoms with E-state index < -0.39 is 0 Å². The number of rotatable bonds is 4. The van der Waals surface area contributed by atoms with Crippen molar-refractivity contribution >= 4 is 11.8 Å². The second kappa shape index (κ2) is 5.71. The first-order valence-corrected chi connectivity index (χ1v) is 7.20. The maximum absolute atomic E-state index is 10.2. The van der Waals surface area contributed by atoms with E-state index in [0.29, 0.717) is 0 Å². The molecule has 2 nitrogen and oxygen atoms in total. The van der Waals surface area contributed by atoms with Gasteiger partial charge in [0.25, 0.3) is 0 Å². The smallest absolute Gasteiger partial charge is 0.0742 e. The van der Waals surface area contributed by atoms with E-state index in [2.05, 4.69) is 35.8 Å². The fourth-order valence-corrected chi connectivity index (χ4v) is 2.76. The van der Waals surface area contributed by atoms with Gasteiger partial charge in [0.2, 0.25) is 0 Å². The van der Waals surface area contributed by atoms with E-state index in [4.69, 9.17) is 0 Å². The molecule has 2 unspecified atom stereocenters. The Kier molecular flexibility index (Phi) is 4.27. The quantitative estimate of drug-likeness (QED) is 0.840. The van der Waals surface area contributed by atoms with Gasteiger partial charge in [0, 0.05) is 0 Å². The molecule has 1 aromatic carbocycles. The van der Waals surface area contributed by atoms with Gasteiger partial charge in [-0.25, -0.2) is 0 Å². The summed E-state index contributed by atoms with van der Waals surface area (Å²) in [7, 11) is 0. The number of benzene rings is 1. The van der Waals surface area contributed by atoms with Crippen LogP contribution >= 0.6 is 11.8 Å². The van der Waals surface area contributed by atoms with E-state index in [1.807, 2.05) is 0 Å². The molecule has 2 N–H and O–H groups in total. The second-order valence-electron chi connectivity index (χ2n) is 4.23. The highest BCUT2D eigenvalue weighted by Gasteiger charge is 2.25. The van der Waals surface area contributed by atoms with E-state index in [-0.39, 0.29) is 12.1 Å². The molecule has 1 heterocycles. The van der Waals surface area contributed by atoms with Crippen LogP contribution in [0.2, 0.25) is 0 Å². The van der Waals surface area contributed by atoms with Crippen molar-refractivity contribution in [3.63, 3.8) is 0 Å². The topological polar surface area (TPSA) is 32.3 Å². The summed E-state index contributed by atoms with van der Waals surface area (Å²) < 4.78 is 0. The van der Waals surface area contributed by atoms with Crippen LogP contribution in [0.4, 0.5) is 0 Å². The second-order valence-corrected chi connectivity index (χ2v) is 5.22. The predicted molar refractivity (Wildman–Crippen MR) is 69.9 cm³/mol. The van der Waals surface area contributed by atoms with Crippen molar-refractivity contribution in [1.29, 1.82) is 0 Å². The van der Waals surface area contributed by atoms with Crippen molar-refractivity contribution in [2.45, 2.75) is 25.0 Å². The van der Waals surface area contributed by atoms with E-state index in [1.165, 1.54) is 11.1 Å². The Morgan fingerprint density at radius 1 is 1.50 bits per heavy atom. The van der Waals surface area contributed by atoms with Crippen LogP contribution in [0.3, 0.4) is 0 Å². The molecule has 0 saturated carbocycles. The molecule has 0 aliphatic carbocycles. The van der Waals surface area contributed by atoms with Crippen molar-refractivity contribution in [1.82, 2.24) is 5.32 Å². The molecule has 0 radical (unpaired) electrons. The number of thioether (sulfide) groups is 1. The average molecular weight is 237 g/mol. The Morgan fingerprint density at radius 2 is 2.31 bits per heavy atom. The predicted octanol–water partition coefficient (Wildman–Crippen LogP) is 1.99. The standard InChI is InChI=1S/C13H19NOS/c1-16-9-7-12(15)13-11-5-3-2-4-10(11)6-8-14-13/h2-5,12-15H,6-9H2,1H3. The van der Waals surface area contributed by atoms with E-state index in [1.54, 1.807) is 11.8 Å².